The molecule has 3 aromatic rings. The fraction of sp³-hybridized carbons (Fsp3) is 0.207. The highest BCUT2D eigenvalue weighted by Gasteiger charge is 2.43. The number of carbonyl (C=O) groups excluding carboxylic acids is 1. The summed E-state index contributed by atoms with van der Waals surface area (Å²) in [6.07, 6.45) is 0. The quantitative estimate of drug-likeness (QED) is 0.320. The molecule has 3 aromatic carbocycles. The van der Waals surface area contributed by atoms with E-state index in [1.54, 1.807) is 31.0 Å². The van der Waals surface area contributed by atoms with Gasteiger partial charge < -0.3 is 14.9 Å². The van der Waals surface area contributed by atoms with Gasteiger partial charge in [0.15, 0.2) is 5.04 Å². The van der Waals surface area contributed by atoms with Crippen molar-refractivity contribution in [2.45, 2.75) is 31.6 Å². The van der Waals surface area contributed by atoms with E-state index in [-0.39, 0.29) is 5.91 Å². The zero-order chi connectivity index (χ0) is 25.7. The van der Waals surface area contributed by atoms with Crippen LogP contribution in [-0.2, 0) is 10.5 Å². The third kappa shape index (κ3) is 5.56. The van der Waals surface area contributed by atoms with Crippen molar-refractivity contribution in [1.82, 2.24) is 0 Å². The minimum Gasteiger partial charge on any atom is -0.495 e. The average molecular weight is 561 g/mol. The molecule has 1 aliphatic rings. The SMILES string of the molecule is [C-]#[N+]C1C(SCc2ccc(C)cc2)=NC(C)=C(C(=O)Nc2ccccc2OC)C1c1ccccc1Br. The molecule has 0 aliphatic carbocycles. The van der Waals surface area contributed by atoms with Gasteiger partial charge in [0.1, 0.15) is 5.75 Å². The van der Waals surface area contributed by atoms with Crippen LogP contribution in [0.5, 0.6) is 5.75 Å². The summed E-state index contributed by atoms with van der Waals surface area (Å²) in [5.41, 5.74) is 4.90. The first-order chi connectivity index (χ1) is 17.4. The number of rotatable bonds is 6. The monoisotopic (exact) mass is 559 g/mol. The number of carbonyl (C=O) groups is 1. The Morgan fingerprint density at radius 1 is 1.08 bits per heavy atom. The van der Waals surface area contributed by atoms with Crippen LogP contribution < -0.4 is 10.1 Å². The summed E-state index contributed by atoms with van der Waals surface area (Å²) in [7, 11) is 1.57. The van der Waals surface area contributed by atoms with E-state index >= 15 is 0 Å². The maximum absolute atomic E-state index is 13.7. The molecule has 0 bridgehead atoms. The fourth-order valence-electron chi connectivity index (χ4n) is 4.20. The molecule has 7 heteroatoms. The van der Waals surface area contributed by atoms with E-state index in [0.29, 0.717) is 28.5 Å². The van der Waals surface area contributed by atoms with Gasteiger partial charge in [-0.3, -0.25) is 4.79 Å². The Balaban J connectivity index is 1.74. The zero-order valence-corrected chi connectivity index (χ0v) is 22.7. The van der Waals surface area contributed by atoms with Crippen LogP contribution >= 0.6 is 27.7 Å². The first kappa shape index (κ1) is 25.7. The number of allylic oxidation sites excluding steroid dienone is 1. The molecule has 1 amide bonds. The molecule has 0 fully saturated rings. The number of aliphatic imine (C=N–C) groups is 1. The molecule has 1 aliphatic heterocycles. The van der Waals surface area contributed by atoms with E-state index in [9.17, 15) is 4.79 Å². The van der Waals surface area contributed by atoms with E-state index in [1.807, 2.05) is 43.3 Å². The Bertz CT molecular complexity index is 1380. The summed E-state index contributed by atoms with van der Waals surface area (Å²) < 4.78 is 6.26. The molecule has 2 atom stereocenters. The Morgan fingerprint density at radius 2 is 1.78 bits per heavy atom. The normalized spacial score (nSPS) is 17.2. The number of methoxy groups -OCH3 is 1. The number of benzene rings is 3. The lowest BCUT2D eigenvalue weighted by molar-refractivity contribution is -0.113. The van der Waals surface area contributed by atoms with Gasteiger partial charge in [-0.15, -0.1) is 0 Å². The molecule has 36 heavy (non-hydrogen) atoms. The van der Waals surface area contributed by atoms with Crippen LogP contribution in [0.2, 0.25) is 0 Å². The number of hydrogen-bond donors (Lipinski definition) is 1. The third-order valence-electron chi connectivity index (χ3n) is 6.03. The summed E-state index contributed by atoms with van der Waals surface area (Å²) in [6, 6.07) is 22.8. The molecule has 2 unspecified atom stereocenters. The highest BCUT2D eigenvalue weighted by molar-refractivity contribution is 9.10. The molecule has 0 radical (unpaired) electrons. The predicted molar refractivity (Wildman–Crippen MR) is 152 cm³/mol. The summed E-state index contributed by atoms with van der Waals surface area (Å²) in [6.45, 7) is 12.0. The van der Waals surface area contributed by atoms with Crippen LogP contribution in [0.15, 0.2) is 93.5 Å². The fourth-order valence-corrected chi connectivity index (χ4v) is 5.80. The second kappa shape index (κ2) is 11.6. The number of hydrogen-bond acceptors (Lipinski definition) is 4. The van der Waals surface area contributed by atoms with Gasteiger partial charge in [0.25, 0.3) is 11.9 Å². The molecule has 0 spiro atoms. The zero-order valence-electron chi connectivity index (χ0n) is 20.3. The molecule has 0 saturated carbocycles. The highest BCUT2D eigenvalue weighted by Crippen LogP contribution is 2.42. The van der Waals surface area contributed by atoms with E-state index in [2.05, 4.69) is 57.3 Å². The van der Waals surface area contributed by atoms with Gasteiger partial charge in [-0.1, -0.05) is 87.9 Å². The van der Waals surface area contributed by atoms with Crippen LogP contribution in [0.4, 0.5) is 5.69 Å². The number of para-hydroxylation sites is 2. The van der Waals surface area contributed by atoms with Gasteiger partial charge in [-0.05, 0) is 43.2 Å². The van der Waals surface area contributed by atoms with Crippen LogP contribution in [0.3, 0.4) is 0 Å². The number of ether oxygens (including phenoxy) is 1. The lowest BCUT2D eigenvalue weighted by Crippen LogP contribution is -2.34. The lowest BCUT2D eigenvalue weighted by Gasteiger charge is -2.28. The second-order valence-electron chi connectivity index (χ2n) is 8.45. The number of amides is 1. The predicted octanol–water partition coefficient (Wildman–Crippen LogP) is 7.40. The van der Waals surface area contributed by atoms with Crippen molar-refractivity contribution in [3.63, 3.8) is 0 Å². The topological polar surface area (TPSA) is 55.0 Å². The second-order valence-corrected chi connectivity index (χ2v) is 10.3. The smallest absolute Gasteiger partial charge is 0.282 e. The largest absolute Gasteiger partial charge is 0.495 e. The summed E-state index contributed by atoms with van der Waals surface area (Å²) >= 11 is 5.21. The summed E-state index contributed by atoms with van der Waals surface area (Å²) in [5, 5.41) is 3.71. The van der Waals surface area contributed by atoms with E-state index in [1.165, 1.54) is 5.56 Å². The van der Waals surface area contributed by atoms with Crippen molar-refractivity contribution in [2.24, 2.45) is 4.99 Å². The van der Waals surface area contributed by atoms with Crippen LogP contribution in [0, 0.1) is 13.5 Å². The van der Waals surface area contributed by atoms with E-state index in [0.717, 1.165) is 20.6 Å². The first-order valence-electron chi connectivity index (χ1n) is 11.5. The maximum atomic E-state index is 13.7. The molecular formula is C29H26BrN3O2S. The number of halogens is 1. The molecule has 5 nitrogen and oxygen atoms in total. The molecule has 0 aromatic heterocycles. The number of anilines is 1. The minimum atomic E-state index is -0.624. The maximum Gasteiger partial charge on any atom is 0.282 e. The van der Waals surface area contributed by atoms with E-state index < -0.39 is 12.0 Å². The van der Waals surface area contributed by atoms with Crippen molar-refractivity contribution in [2.75, 3.05) is 12.4 Å². The Hall–Kier alpha value is -3.34. The van der Waals surface area contributed by atoms with Gasteiger partial charge in [0, 0.05) is 15.9 Å². The van der Waals surface area contributed by atoms with Crippen LogP contribution in [0.1, 0.15) is 29.5 Å². The van der Waals surface area contributed by atoms with Crippen LogP contribution in [-0.4, -0.2) is 24.1 Å². The number of aryl methyl sites for hydroxylation is 1. The summed E-state index contributed by atoms with van der Waals surface area (Å²) in [4.78, 5) is 22.5. The molecule has 4 rings (SSSR count). The summed E-state index contributed by atoms with van der Waals surface area (Å²) in [5.74, 6) is 0.490. The number of thioether (sulfide) groups is 1. The first-order valence-corrected chi connectivity index (χ1v) is 13.2. The average Bonchev–Trinajstić information content (AvgIpc) is 2.88. The standard InChI is InChI=1S/C29H26BrN3O2S/c1-18-13-15-20(16-14-18)17-36-29-27(31-3)26(21-9-5-6-10-22(21)30)25(19(2)32-29)28(34)33-23-11-7-8-12-24(23)35-4/h5-16,26-27H,17H2,1-2,4H3,(H,33,34). The van der Waals surface area contributed by atoms with Crippen LogP contribution in [0.25, 0.3) is 4.85 Å². The Morgan fingerprint density at radius 3 is 2.47 bits per heavy atom. The highest BCUT2D eigenvalue weighted by atomic mass is 79.9. The number of nitrogens with zero attached hydrogens (tertiary/aromatic N) is 2. The van der Waals surface area contributed by atoms with Gasteiger partial charge in [-0.2, -0.15) is 0 Å². The van der Waals surface area contributed by atoms with Crippen molar-refractivity contribution in [3.8, 4) is 5.75 Å². The van der Waals surface area contributed by atoms with Gasteiger partial charge in [0.05, 0.1) is 24.3 Å². The molecular weight excluding hydrogens is 534 g/mol. The van der Waals surface area contributed by atoms with Crippen molar-refractivity contribution in [3.05, 3.63) is 117 Å². The molecule has 182 valence electrons. The third-order valence-corrected chi connectivity index (χ3v) is 7.86. The minimum absolute atomic E-state index is 0.294. The molecule has 1 N–H and O–H groups in total. The van der Waals surface area contributed by atoms with E-state index in [4.69, 9.17) is 16.3 Å². The molecule has 1 heterocycles. The van der Waals surface area contributed by atoms with Crippen molar-refractivity contribution >= 4 is 44.3 Å². The molecule has 0 saturated heterocycles. The van der Waals surface area contributed by atoms with Crippen molar-refractivity contribution < 1.29 is 9.53 Å². The Kier molecular flexibility index (Phi) is 8.29. The lowest BCUT2D eigenvalue weighted by atomic mass is 9.82. The number of nitrogens with one attached hydrogen (secondary N) is 1. The Labute approximate surface area is 224 Å². The van der Waals surface area contributed by atoms with Gasteiger partial charge in [-0.25, -0.2) is 11.6 Å². The van der Waals surface area contributed by atoms with Crippen molar-refractivity contribution in [1.29, 1.82) is 0 Å². The van der Waals surface area contributed by atoms with Gasteiger partial charge in [0.2, 0.25) is 0 Å². The van der Waals surface area contributed by atoms with Gasteiger partial charge >= 0.3 is 0 Å².